The minimum Gasteiger partial charge on any atom is -0.370 e. The van der Waals surface area contributed by atoms with Crippen LogP contribution in [0.2, 0.25) is 0 Å². The molecule has 0 fully saturated rings. The number of aromatic nitrogens is 5. The Kier molecular flexibility index (Phi) is 4.30. The third-order valence-electron chi connectivity index (χ3n) is 3.89. The summed E-state index contributed by atoms with van der Waals surface area (Å²) >= 11 is 1.67. The summed E-state index contributed by atoms with van der Waals surface area (Å²) in [5.41, 5.74) is 5.91. The molecule has 1 aromatic carbocycles. The molecule has 0 aliphatic heterocycles. The maximum absolute atomic E-state index is 4.46. The Morgan fingerprint density at radius 1 is 1.04 bits per heavy atom. The van der Waals surface area contributed by atoms with Gasteiger partial charge in [0, 0.05) is 30.6 Å². The molecule has 124 valence electrons. The summed E-state index contributed by atoms with van der Waals surface area (Å²) < 4.78 is 1.22. The molecule has 3 aromatic heterocycles. The summed E-state index contributed by atoms with van der Waals surface area (Å²) in [6.07, 6.45) is 5.99. The van der Waals surface area contributed by atoms with E-state index in [-0.39, 0.29) is 0 Å². The molecule has 6 nitrogen and oxygen atoms in total. The van der Waals surface area contributed by atoms with Crippen LogP contribution in [0.25, 0.3) is 21.5 Å². The lowest BCUT2D eigenvalue weighted by Crippen LogP contribution is -2.07. The maximum Gasteiger partial charge on any atom is 0.129 e. The van der Waals surface area contributed by atoms with Gasteiger partial charge in [0.1, 0.15) is 18.0 Å². The second-order valence-corrected chi connectivity index (χ2v) is 6.49. The van der Waals surface area contributed by atoms with Crippen molar-refractivity contribution in [2.24, 2.45) is 0 Å². The molecule has 7 heteroatoms. The Labute approximate surface area is 149 Å². The molecule has 0 bridgehead atoms. The molecule has 0 aliphatic rings. The van der Waals surface area contributed by atoms with Crippen molar-refractivity contribution in [3.05, 3.63) is 59.9 Å². The third-order valence-corrected chi connectivity index (χ3v) is 4.68. The van der Waals surface area contributed by atoms with E-state index in [1.165, 1.54) is 10.3 Å². The van der Waals surface area contributed by atoms with Crippen LogP contribution in [0.4, 0.5) is 5.82 Å². The van der Waals surface area contributed by atoms with E-state index in [1.807, 2.05) is 18.5 Å². The van der Waals surface area contributed by atoms with Crippen LogP contribution in [-0.4, -0.2) is 31.5 Å². The molecule has 4 rings (SSSR count). The van der Waals surface area contributed by atoms with Gasteiger partial charge in [-0.2, -0.15) is 0 Å². The molecule has 0 spiro atoms. The summed E-state index contributed by atoms with van der Waals surface area (Å²) in [6, 6.07) is 8.22. The lowest BCUT2D eigenvalue weighted by atomic mass is 10.1. The molecule has 0 unspecified atom stereocenters. The molecule has 0 saturated carbocycles. The number of benzene rings is 1. The summed E-state index contributed by atoms with van der Waals surface area (Å²) in [6.45, 7) is 2.64. The number of rotatable bonds is 5. The molecule has 25 heavy (non-hydrogen) atoms. The number of fused-ring (bicyclic) bond motifs is 1. The van der Waals surface area contributed by atoms with E-state index in [1.54, 1.807) is 30.1 Å². The molecule has 0 saturated heterocycles. The lowest BCUT2D eigenvalue weighted by molar-refractivity contribution is 1.00. The van der Waals surface area contributed by atoms with Crippen molar-refractivity contribution in [1.82, 2.24) is 24.9 Å². The van der Waals surface area contributed by atoms with Gasteiger partial charge in [-0.05, 0) is 25.0 Å². The van der Waals surface area contributed by atoms with E-state index in [0.29, 0.717) is 0 Å². The molecule has 0 radical (unpaired) electrons. The molecular weight excluding hydrogens is 332 g/mol. The predicted molar refractivity (Wildman–Crippen MR) is 99.6 cm³/mol. The number of para-hydroxylation sites is 1. The summed E-state index contributed by atoms with van der Waals surface area (Å²) in [5.74, 6) is 1.53. The van der Waals surface area contributed by atoms with E-state index in [9.17, 15) is 0 Å². The standard InChI is InChI=1S/C18H16N6S/c1-12-20-8-14(9-21-12)15-7-17(23-10-22-15)19-6-5-13-3-2-4-16-18(13)24-11-25-16/h2-4,7-11H,5-6H2,1H3,(H,19,22,23). The Balaban J connectivity index is 1.45. The van der Waals surface area contributed by atoms with E-state index >= 15 is 0 Å². The van der Waals surface area contributed by atoms with Gasteiger partial charge >= 0.3 is 0 Å². The van der Waals surface area contributed by atoms with Gasteiger partial charge in [0.05, 0.1) is 21.4 Å². The molecule has 0 amide bonds. The number of hydrogen-bond acceptors (Lipinski definition) is 7. The smallest absolute Gasteiger partial charge is 0.129 e. The molecule has 4 aromatic rings. The highest BCUT2D eigenvalue weighted by molar-refractivity contribution is 7.16. The van der Waals surface area contributed by atoms with Gasteiger partial charge in [-0.3, -0.25) is 0 Å². The van der Waals surface area contributed by atoms with Crippen molar-refractivity contribution < 1.29 is 0 Å². The van der Waals surface area contributed by atoms with Gasteiger partial charge in [-0.15, -0.1) is 11.3 Å². The summed E-state index contributed by atoms with van der Waals surface area (Å²) in [5, 5.41) is 3.36. The lowest BCUT2D eigenvalue weighted by Gasteiger charge is -2.07. The molecule has 0 atom stereocenters. The van der Waals surface area contributed by atoms with Gasteiger partial charge in [0.15, 0.2) is 0 Å². The first-order valence-corrected chi connectivity index (χ1v) is 8.83. The van der Waals surface area contributed by atoms with Crippen molar-refractivity contribution in [3.8, 4) is 11.3 Å². The van der Waals surface area contributed by atoms with Crippen LogP contribution in [0, 0.1) is 6.92 Å². The van der Waals surface area contributed by atoms with Crippen LogP contribution in [0.1, 0.15) is 11.4 Å². The summed E-state index contributed by atoms with van der Waals surface area (Å²) in [7, 11) is 0. The van der Waals surface area contributed by atoms with Gasteiger partial charge in [0.2, 0.25) is 0 Å². The fraction of sp³-hybridized carbons (Fsp3) is 0.167. The molecule has 0 aliphatic carbocycles. The third kappa shape index (κ3) is 3.46. The van der Waals surface area contributed by atoms with Crippen molar-refractivity contribution in [3.63, 3.8) is 0 Å². The van der Waals surface area contributed by atoms with E-state index in [2.05, 4.69) is 48.4 Å². The van der Waals surface area contributed by atoms with E-state index in [4.69, 9.17) is 0 Å². The monoisotopic (exact) mass is 348 g/mol. The number of thiazole rings is 1. The average molecular weight is 348 g/mol. The van der Waals surface area contributed by atoms with Crippen molar-refractivity contribution >= 4 is 27.4 Å². The molecule has 1 N–H and O–H groups in total. The first kappa shape index (κ1) is 15.6. The van der Waals surface area contributed by atoms with Crippen molar-refractivity contribution in [1.29, 1.82) is 0 Å². The van der Waals surface area contributed by atoms with Gasteiger partial charge in [-0.1, -0.05) is 12.1 Å². The van der Waals surface area contributed by atoms with Gasteiger partial charge in [-0.25, -0.2) is 24.9 Å². The topological polar surface area (TPSA) is 76.5 Å². The normalized spacial score (nSPS) is 10.9. The fourth-order valence-electron chi connectivity index (χ4n) is 2.61. The zero-order valence-electron chi connectivity index (χ0n) is 13.7. The SMILES string of the molecule is Cc1ncc(-c2cc(NCCc3cccc4scnc34)ncn2)cn1. The van der Waals surface area contributed by atoms with E-state index in [0.717, 1.165) is 41.4 Å². The first-order valence-electron chi connectivity index (χ1n) is 7.95. The van der Waals surface area contributed by atoms with Crippen LogP contribution < -0.4 is 5.32 Å². The molecular formula is C18H16N6S. The maximum atomic E-state index is 4.46. The minimum atomic E-state index is 0.743. The molecule has 3 heterocycles. The Hall–Kier alpha value is -2.93. The van der Waals surface area contributed by atoms with Crippen molar-refractivity contribution in [2.75, 3.05) is 11.9 Å². The highest BCUT2D eigenvalue weighted by atomic mass is 32.1. The van der Waals surface area contributed by atoms with Crippen LogP contribution in [0.15, 0.2) is 48.5 Å². The zero-order chi connectivity index (χ0) is 17.1. The van der Waals surface area contributed by atoms with Crippen LogP contribution in [0.5, 0.6) is 0 Å². The minimum absolute atomic E-state index is 0.743. The predicted octanol–water partition coefficient (Wildman–Crippen LogP) is 3.51. The Morgan fingerprint density at radius 3 is 2.80 bits per heavy atom. The Morgan fingerprint density at radius 2 is 1.92 bits per heavy atom. The summed E-state index contributed by atoms with van der Waals surface area (Å²) in [4.78, 5) is 21.5. The average Bonchev–Trinajstić information content (AvgIpc) is 3.12. The number of nitrogens with one attached hydrogen (secondary N) is 1. The van der Waals surface area contributed by atoms with Crippen LogP contribution in [-0.2, 0) is 6.42 Å². The van der Waals surface area contributed by atoms with Crippen LogP contribution in [0.3, 0.4) is 0 Å². The first-order chi connectivity index (χ1) is 12.3. The zero-order valence-corrected chi connectivity index (χ0v) is 14.5. The van der Waals surface area contributed by atoms with Gasteiger partial charge < -0.3 is 5.32 Å². The van der Waals surface area contributed by atoms with Gasteiger partial charge in [0.25, 0.3) is 0 Å². The van der Waals surface area contributed by atoms with Crippen molar-refractivity contribution in [2.45, 2.75) is 13.3 Å². The largest absolute Gasteiger partial charge is 0.370 e. The quantitative estimate of drug-likeness (QED) is 0.595. The fourth-order valence-corrected chi connectivity index (χ4v) is 3.33. The number of aryl methyl sites for hydroxylation is 1. The highest BCUT2D eigenvalue weighted by Crippen LogP contribution is 2.22. The van der Waals surface area contributed by atoms with E-state index < -0.39 is 0 Å². The number of anilines is 1. The highest BCUT2D eigenvalue weighted by Gasteiger charge is 2.05. The second-order valence-electron chi connectivity index (χ2n) is 5.60. The Bertz CT molecular complexity index is 996. The second kappa shape index (κ2) is 6.90. The number of nitrogens with zero attached hydrogens (tertiary/aromatic N) is 5. The van der Waals surface area contributed by atoms with Crippen LogP contribution >= 0.6 is 11.3 Å². The number of hydrogen-bond donors (Lipinski definition) is 1.